The molecule has 0 saturated carbocycles. The average Bonchev–Trinajstić information content (AvgIpc) is 2.95. The molecule has 1 heterocycles. The molecule has 5 nitrogen and oxygen atoms in total. The topological polar surface area (TPSA) is 56.1 Å². The Morgan fingerprint density at radius 1 is 1.24 bits per heavy atom. The number of amides is 1. The predicted octanol–water partition coefficient (Wildman–Crippen LogP) is 4.61. The van der Waals surface area contributed by atoms with Crippen LogP contribution in [-0.4, -0.2) is 22.3 Å². The predicted molar refractivity (Wildman–Crippen MR) is 102 cm³/mol. The second kappa shape index (κ2) is 7.72. The minimum atomic E-state index is -0.279. The lowest BCUT2D eigenvalue weighted by molar-refractivity contribution is -0.118. The molecule has 0 saturated heterocycles. The van der Waals surface area contributed by atoms with E-state index in [9.17, 15) is 4.79 Å². The van der Waals surface area contributed by atoms with Crippen LogP contribution in [0.2, 0.25) is 5.02 Å². The number of nitrogens with one attached hydrogen (secondary N) is 1. The third kappa shape index (κ3) is 4.41. The van der Waals surface area contributed by atoms with Gasteiger partial charge in [-0.15, -0.1) is 0 Å². The van der Waals surface area contributed by atoms with Crippen molar-refractivity contribution in [3.05, 3.63) is 69.8 Å². The third-order valence-electron chi connectivity index (χ3n) is 3.35. The van der Waals surface area contributed by atoms with Crippen molar-refractivity contribution < 1.29 is 9.53 Å². The third-order valence-corrected chi connectivity index (χ3v) is 4.21. The summed E-state index contributed by atoms with van der Waals surface area (Å²) in [7, 11) is 0. The van der Waals surface area contributed by atoms with Crippen LogP contribution in [0.3, 0.4) is 0 Å². The Kier molecular flexibility index (Phi) is 5.40. The first kappa shape index (κ1) is 17.5. The molecule has 1 aromatic heterocycles. The van der Waals surface area contributed by atoms with Crippen LogP contribution in [0, 0.1) is 6.92 Å². The van der Waals surface area contributed by atoms with Crippen LogP contribution in [0.4, 0.5) is 5.82 Å². The highest BCUT2D eigenvalue weighted by molar-refractivity contribution is 9.10. The largest absolute Gasteiger partial charge is 0.483 e. The van der Waals surface area contributed by atoms with Gasteiger partial charge in [0.2, 0.25) is 0 Å². The second-order valence-electron chi connectivity index (χ2n) is 5.33. The van der Waals surface area contributed by atoms with E-state index < -0.39 is 0 Å². The Balaban J connectivity index is 1.69. The Hall–Kier alpha value is -2.31. The minimum Gasteiger partial charge on any atom is -0.483 e. The van der Waals surface area contributed by atoms with Crippen molar-refractivity contribution in [2.24, 2.45) is 0 Å². The Morgan fingerprint density at radius 2 is 2.00 bits per heavy atom. The van der Waals surface area contributed by atoms with Gasteiger partial charge in [-0.2, -0.15) is 5.10 Å². The number of benzene rings is 2. The van der Waals surface area contributed by atoms with Gasteiger partial charge >= 0.3 is 0 Å². The molecular formula is C18H15BrClN3O2. The van der Waals surface area contributed by atoms with E-state index in [4.69, 9.17) is 16.3 Å². The van der Waals surface area contributed by atoms with E-state index in [1.807, 2.05) is 43.3 Å². The van der Waals surface area contributed by atoms with Crippen LogP contribution in [0.5, 0.6) is 5.75 Å². The van der Waals surface area contributed by atoms with Gasteiger partial charge in [0, 0.05) is 11.1 Å². The Morgan fingerprint density at radius 3 is 2.72 bits per heavy atom. The van der Waals surface area contributed by atoms with Gasteiger partial charge in [-0.25, -0.2) is 4.68 Å². The highest BCUT2D eigenvalue weighted by atomic mass is 79.9. The van der Waals surface area contributed by atoms with Gasteiger partial charge in [0.1, 0.15) is 11.6 Å². The molecule has 3 aromatic rings. The van der Waals surface area contributed by atoms with Crippen LogP contribution in [-0.2, 0) is 4.79 Å². The summed E-state index contributed by atoms with van der Waals surface area (Å²) >= 11 is 9.24. The first-order valence-corrected chi connectivity index (χ1v) is 8.70. The lowest BCUT2D eigenvalue weighted by Crippen LogP contribution is -2.22. The standard InChI is InChI=1S/C18H15BrClN3O2/c1-12-9-17(23(22-12)14-5-3-2-4-6-14)21-18(24)11-25-16-8-7-13(20)10-15(16)19/h2-10H,11H2,1H3,(H,21,24). The highest BCUT2D eigenvalue weighted by Crippen LogP contribution is 2.28. The van der Waals surface area contributed by atoms with Gasteiger partial charge in [0.05, 0.1) is 15.9 Å². The number of nitrogens with zero attached hydrogens (tertiary/aromatic N) is 2. The van der Waals surface area contributed by atoms with E-state index in [-0.39, 0.29) is 12.5 Å². The van der Waals surface area contributed by atoms with E-state index in [0.717, 1.165) is 11.4 Å². The summed E-state index contributed by atoms with van der Waals surface area (Å²) in [4.78, 5) is 12.2. The minimum absolute atomic E-state index is 0.126. The quantitative estimate of drug-likeness (QED) is 0.655. The maximum absolute atomic E-state index is 12.2. The number of rotatable bonds is 5. The van der Waals surface area contributed by atoms with E-state index in [2.05, 4.69) is 26.3 Å². The fourth-order valence-electron chi connectivity index (χ4n) is 2.27. The van der Waals surface area contributed by atoms with Gasteiger partial charge in [0.25, 0.3) is 5.91 Å². The molecule has 3 rings (SSSR count). The molecule has 7 heteroatoms. The Labute approximate surface area is 158 Å². The summed E-state index contributed by atoms with van der Waals surface area (Å²) in [6.45, 7) is 1.75. The SMILES string of the molecule is Cc1cc(NC(=O)COc2ccc(Cl)cc2Br)n(-c2ccccc2)n1. The number of hydrogen-bond donors (Lipinski definition) is 1. The van der Waals surface area contributed by atoms with E-state index in [1.54, 1.807) is 22.9 Å². The molecule has 0 aliphatic rings. The van der Waals surface area contributed by atoms with Gasteiger partial charge in [-0.3, -0.25) is 4.79 Å². The molecule has 1 N–H and O–H groups in total. The molecule has 0 aliphatic heterocycles. The fraction of sp³-hybridized carbons (Fsp3) is 0.111. The zero-order valence-electron chi connectivity index (χ0n) is 13.4. The molecule has 128 valence electrons. The summed E-state index contributed by atoms with van der Waals surface area (Å²) in [6.07, 6.45) is 0. The summed E-state index contributed by atoms with van der Waals surface area (Å²) in [5.74, 6) is 0.860. The molecule has 0 unspecified atom stereocenters. The summed E-state index contributed by atoms with van der Waals surface area (Å²) < 4.78 is 7.91. The molecule has 25 heavy (non-hydrogen) atoms. The molecule has 0 aliphatic carbocycles. The average molecular weight is 421 g/mol. The number of halogens is 2. The van der Waals surface area contributed by atoms with Crippen molar-refractivity contribution in [1.82, 2.24) is 9.78 Å². The van der Waals surface area contributed by atoms with E-state index in [1.165, 1.54) is 0 Å². The number of hydrogen-bond acceptors (Lipinski definition) is 3. The van der Waals surface area contributed by atoms with Crippen LogP contribution in [0.1, 0.15) is 5.69 Å². The highest BCUT2D eigenvalue weighted by Gasteiger charge is 2.12. The van der Waals surface area contributed by atoms with Crippen LogP contribution in [0.25, 0.3) is 5.69 Å². The zero-order chi connectivity index (χ0) is 17.8. The monoisotopic (exact) mass is 419 g/mol. The number of carbonyl (C=O) groups excluding carboxylic acids is 1. The summed E-state index contributed by atoms with van der Waals surface area (Å²) in [5.41, 5.74) is 1.67. The van der Waals surface area contributed by atoms with Crippen molar-refractivity contribution >= 4 is 39.3 Å². The van der Waals surface area contributed by atoms with Crippen molar-refractivity contribution in [1.29, 1.82) is 0 Å². The summed E-state index contributed by atoms with van der Waals surface area (Å²) in [5, 5.41) is 7.83. The maximum atomic E-state index is 12.2. The van der Waals surface area contributed by atoms with Gasteiger partial charge in [-0.05, 0) is 53.2 Å². The molecule has 0 atom stereocenters. The zero-order valence-corrected chi connectivity index (χ0v) is 15.7. The fourth-order valence-corrected chi connectivity index (χ4v) is 3.07. The van der Waals surface area contributed by atoms with Gasteiger partial charge in [0.15, 0.2) is 6.61 Å². The molecule has 2 aromatic carbocycles. The smallest absolute Gasteiger partial charge is 0.263 e. The van der Waals surface area contributed by atoms with Crippen LogP contribution >= 0.6 is 27.5 Å². The molecular weight excluding hydrogens is 406 g/mol. The van der Waals surface area contributed by atoms with Crippen molar-refractivity contribution in [2.75, 3.05) is 11.9 Å². The Bertz CT molecular complexity index is 897. The molecule has 0 spiro atoms. The summed E-state index contributed by atoms with van der Waals surface area (Å²) in [6, 6.07) is 16.5. The molecule has 1 amide bonds. The van der Waals surface area contributed by atoms with Crippen LogP contribution < -0.4 is 10.1 Å². The number of para-hydroxylation sites is 1. The lowest BCUT2D eigenvalue weighted by Gasteiger charge is -2.10. The lowest BCUT2D eigenvalue weighted by atomic mass is 10.3. The number of carbonyl (C=O) groups is 1. The van der Waals surface area contributed by atoms with E-state index in [0.29, 0.717) is 21.1 Å². The molecule has 0 fully saturated rings. The molecule has 0 bridgehead atoms. The van der Waals surface area contributed by atoms with Gasteiger partial charge in [-0.1, -0.05) is 29.8 Å². The number of aromatic nitrogens is 2. The van der Waals surface area contributed by atoms with Crippen LogP contribution in [0.15, 0.2) is 59.1 Å². The number of aryl methyl sites for hydroxylation is 1. The molecule has 0 radical (unpaired) electrons. The van der Waals surface area contributed by atoms with Crippen molar-refractivity contribution in [3.63, 3.8) is 0 Å². The van der Waals surface area contributed by atoms with E-state index >= 15 is 0 Å². The second-order valence-corrected chi connectivity index (χ2v) is 6.62. The number of ether oxygens (including phenoxy) is 1. The first-order chi connectivity index (χ1) is 12.0. The number of anilines is 1. The maximum Gasteiger partial charge on any atom is 0.263 e. The normalized spacial score (nSPS) is 10.5. The van der Waals surface area contributed by atoms with Crippen molar-refractivity contribution in [2.45, 2.75) is 6.92 Å². The first-order valence-electron chi connectivity index (χ1n) is 7.53. The van der Waals surface area contributed by atoms with Gasteiger partial charge < -0.3 is 10.1 Å². The van der Waals surface area contributed by atoms with Crippen molar-refractivity contribution in [3.8, 4) is 11.4 Å².